The summed E-state index contributed by atoms with van der Waals surface area (Å²) >= 11 is 0. The number of likely N-dealkylation sites (tertiary alicyclic amines) is 1. The fourth-order valence-electron chi connectivity index (χ4n) is 3.35. The van der Waals surface area contributed by atoms with Crippen molar-refractivity contribution in [3.63, 3.8) is 0 Å². The van der Waals surface area contributed by atoms with Crippen molar-refractivity contribution in [2.75, 3.05) is 6.54 Å². The number of hydrogen-bond acceptors (Lipinski definition) is 5. The number of rotatable bonds is 2. The van der Waals surface area contributed by atoms with Gasteiger partial charge in [0, 0.05) is 36.7 Å². The maximum Gasteiger partial charge on any atom is 0.294 e. The maximum absolute atomic E-state index is 12.9. The molecule has 24 heavy (non-hydrogen) atoms. The van der Waals surface area contributed by atoms with Crippen molar-refractivity contribution in [1.29, 1.82) is 0 Å². The first-order valence-electron chi connectivity index (χ1n) is 8.03. The molecule has 0 aromatic carbocycles. The average Bonchev–Trinajstić information content (AvgIpc) is 3.23. The zero-order chi connectivity index (χ0) is 16.8. The lowest BCUT2D eigenvalue weighted by Gasteiger charge is -2.22. The lowest BCUT2D eigenvalue weighted by atomic mass is 10.1. The van der Waals surface area contributed by atoms with Crippen molar-refractivity contribution in [1.82, 2.24) is 34.3 Å². The van der Waals surface area contributed by atoms with E-state index in [1.165, 1.54) is 0 Å². The van der Waals surface area contributed by atoms with E-state index in [1.807, 2.05) is 44.3 Å². The largest absolute Gasteiger partial charge is 0.329 e. The SMILES string of the molecule is Cc1cc(C)n2nc(C(=O)N3CCCC3c3cnn(C)c3)nc2n1. The fourth-order valence-corrected chi connectivity index (χ4v) is 3.35. The van der Waals surface area contributed by atoms with E-state index in [-0.39, 0.29) is 17.8 Å². The van der Waals surface area contributed by atoms with Gasteiger partial charge in [0.15, 0.2) is 0 Å². The molecule has 1 amide bonds. The second kappa shape index (κ2) is 5.40. The highest BCUT2D eigenvalue weighted by molar-refractivity contribution is 5.91. The van der Waals surface area contributed by atoms with Gasteiger partial charge in [0.1, 0.15) is 0 Å². The summed E-state index contributed by atoms with van der Waals surface area (Å²) in [6, 6.07) is 1.96. The monoisotopic (exact) mass is 325 g/mol. The molecule has 0 spiro atoms. The number of amides is 1. The Morgan fingerprint density at radius 1 is 1.29 bits per heavy atom. The molecule has 1 unspecified atom stereocenters. The maximum atomic E-state index is 12.9. The molecule has 1 saturated heterocycles. The zero-order valence-corrected chi connectivity index (χ0v) is 14.0. The van der Waals surface area contributed by atoms with Gasteiger partial charge in [-0.3, -0.25) is 9.48 Å². The van der Waals surface area contributed by atoms with Crippen LogP contribution in [-0.2, 0) is 7.05 Å². The number of hydrogen-bond donors (Lipinski definition) is 0. The highest BCUT2D eigenvalue weighted by atomic mass is 16.2. The van der Waals surface area contributed by atoms with Crippen LogP contribution < -0.4 is 0 Å². The Morgan fingerprint density at radius 2 is 2.12 bits per heavy atom. The van der Waals surface area contributed by atoms with Crippen LogP contribution in [-0.4, -0.2) is 46.7 Å². The van der Waals surface area contributed by atoms with Gasteiger partial charge < -0.3 is 4.90 Å². The van der Waals surface area contributed by atoms with Crippen molar-refractivity contribution < 1.29 is 4.79 Å². The van der Waals surface area contributed by atoms with Crippen molar-refractivity contribution >= 4 is 11.7 Å². The summed E-state index contributed by atoms with van der Waals surface area (Å²) in [4.78, 5) is 23.5. The molecular weight excluding hydrogens is 306 g/mol. The Labute approximate surface area is 139 Å². The first-order chi connectivity index (χ1) is 11.5. The first kappa shape index (κ1) is 14.8. The van der Waals surface area contributed by atoms with Crippen LogP contribution in [0.15, 0.2) is 18.5 Å². The Kier molecular flexibility index (Phi) is 3.33. The molecule has 1 aliphatic rings. The summed E-state index contributed by atoms with van der Waals surface area (Å²) in [6.07, 6.45) is 5.68. The van der Waals surface area contributed by atoms with E-state index in [0.717, 1.165) is 29.8 Å². The molecule has 4 rings (SSSR count). The zero-order valence-electron chi connectivity index (χ0n) is 14.0. The number of nitrogens with zero attached hydrogens (tertiary/aromatic N) is 7. The predicted octanol–water partition coefficient (Wildman–Crippen LogP) is 1.45. The van der Waals surface area contributed by atoms with Crippen LogP contribution in [0.3, 0.4) is 0 Å². The summed E-state index contributed by atoms with van der Waals surface area (Å²) in [5.74, 6) is 0.517. The van der Waals surface area contributed by atoms with Gasteiger partial charge in [-0.2, -0.15) is 10.1 Å². The van der Waals surface area contributed by atoms with Gasteiger partial charge in [-0.05, 0) is 32.8 Å². The van der Waals surface area contributed by atoms with E-state index in [4.69, 9.17) is 0 Å². The van der Waals surface area contributed by atoms with Gasteiger partial charge in [0.2, 0.25) is 5.82 Å². The Bertz CT molecular complexity index is 926. The topological polar surface area (TPSA) is 81.2 Å². The lowest BCUT2D eigenvalue weighted by Crippen LogP contribution is -2.31. The third-order valence-electron chi connectivity index (χ3n) is 4.43. The van der Waals surface area contributed by atoms with Crippen LogP contribution in [0.4, 0.5) is 0 Å². The van der Waals surface area contributed by atoms with Gasteiger partial charge in [0.05, 0.1) is 12.2 Å². The van der Waals surface area contributed by atoms with Crippen LogP contribution in [0.5, 0.6) is 0 Å². The van der Waals surface area contributed by atoms with Crippen molar-refractivity contribution in [3.05, 3.63) is 41.2 Å². The molecular formula is C16H19N7O. The molecule has 0 bridgehead atoms. The molecule has 0 radical (unpaired) electrons. The van der Waals surface area contributed by atoms with Gasteiger partial charge in [-0.15, -0.1) is 5.10 Å². The first-order valence-corrected chi connectivity index (χ1v) is 8.03. The average molecular weight is 325 g/mol. The second-order valence-corrected chi connectivity index (χ2v) is 6.29. The van der Waals surface area contributed by atoms with Crippen molar-refractivity contribution in [2.45, 2.75) is 32.7 Å². The quantitative estimate of drug-likeness (QED) is 0.712. The van der Waals surface area contributed by atoms with Crippen LogP contribution >= 0.6 is 0 Å². The molecule has 4 heterocycles. The summed E-state index contributed by atoms with van der Waals surface area (Å²) in [5, 5.41) is 8.58. The molecule has 8 heteroatoms. The molecule has 124 valence electrons. The Hall–Kier alpha value is -2.77. The molecule has 3 aromatic rings. The van der Waals surface area contributed by atoms with Crippen LogP contribution in [0.25, 0.3) is 5.78 Å². The Balaban J connectivity index is 1.69. The minimum absolute atomic E-state index is 0.0357. The molecule has 1 fully saturated rings. The van der Waals surface area contributed by atoms with E-state index in [0.29, 0.717) is 12.3 Å². The number of aryl methyl sites for hydroxylation is 3. The second-order valence-electron chi connectivity index (χ2n) is 6.29. The third-order valence-corrected chi connectivity index (χ3v) is 4.43. The van der Waals surface area contributed by atoms with Crippen LogP contribution in [0.2, 0.25) is 0 Å². The molecule has 1 atom stereocenters. The minimum Gasteiger partial charge on any atom is -0.329 e. The number of carbonyl (C=O) groups excluding carboxylic acids is 1. The molecule has 0 N–H and O–H groups in total. The molecule has 0 aliphatic carbocycles. The molecule has 8 nitrogen and oxygen atoms in total. The van der Waals surface area contributed by atoms with E-state index in [9.17, 15) is 4.79 Å². The van der Waals surface area contributed by atoms with E-state index in [2.05, 4.69) is 20.2 Å². The van der Waals surface area contributed by atoms with Gasteiger partial charge >= 0.3 is 0 Å². The minimum atomic E-state index is -0.149. The fraction of sp³-hybridized carbons (Fsp3) is 0.438. The summed E-state index contributed by atoms with van der Waals surface area (Å²) in [6.45, 7) is 4.54. The Morgan fingerprint density at radius 3 is 2.88 bits per heavy atom. The lowest BCUT2D eigenvalue weighted by molar-refractivity contribution is 0.0723. The van der Waals surface area contributed by atoms with Crippen LogP contribution in [0.1, 0.15) is 46.5 Å². The standard InChI is InChI=1S/C16H19N7O/c1-10-7-11(2)23-16(18-10)19-14(20-23)15(24)22-6-4-5-13(22)12-8-17-21(3)9-12/h7-9,13H,4-6H2,1-3H3. The third kappa shape index (κ3) is 2.34. The van der Waals surface area contributed by atoms with Crippen molar-refractivity contribution in [3.8, 4) is 0 Å². The van der Waals surface area contributed by atoms with Crippen LogP contribution in [0, 0.1) is 13.8 Å². The van der Waals surface area contributed by atoms with Crippen molar-refractivity contribution in [2.24, 2.45) is 7.05 Å². The highest BCUT2D eigenvalue weighted by Crippen LogP contribution is 2.32. The van der Waals surface area contributed by atoms with E-state index >= 15 is 0 Å². The molecule has 0 saturated carbocycles. The smallest absolute Gasteiger partial charge is 0.294 e. The van der Waals surface area contributed by atoms with Gasteiger partial charge in [0.25, 0.3) is 11.7 Å². The highest BCUT2D eigenvalue weighted by Gasteiger charge is 2.33. The number of aromatic nitrogens is 6. The van der Waals surface area contributed by atoms with E-state index < -0.39 is 0 Å². The summed E-state index contributed by atoms with van der Waals surface area (Å²) in [7, 11) is 1.88. The number of carbonyl (C=O) groups is 1. The number of fused-ring (bicyclic) bond motifs is 1. The van der Waals surface area contributed by atoms with Gasteiger partial charge in [-0.1, -0.05) is 0 Å². The van der Waals surface area contributed by atoms with Gasteiger partial charge in [-0.25, -0.2) is 9.50 Å². The molecule has 1 aliphatic heterocycles. The normalized spacial score (nSPS) is 17.8. The van der Waals surface area contributed by atoms with E-state index in [1.54, 1.807) is 9.20 Å². The summed E-state index contributed by atoms with van der Waals surface area (Å²) in [5.41, 5.74) is 2.83. The molecule has 3 aromatic heterocycles. The predicted molar refractivity (Wildman–Crippen MR) is 86.5 cm³/mol. The summed E-state index contributed by atoms with van der Waals surface area (Å²) < 4.78 is 3.38.